The van der Waals surface area contributed by atoms with Crippen LogP contribution in [-0.2, 0) is 19.0 Å². The van der Waals surface area contributed by atoms with E-state index in [0.29, 0.717) is 6.61 Å². The second-order valence-corrected chi connectivity index (χ2v) is 4.86. The molecule has 0 aliphatic carbocycles. The molecule has 3 amide bonds. The number of nitrogens with zero attached hydrogens (tertiary/aromatic N) is 1. The first-order valence-electron chi connectivity index (χ1n) is 6.74. The monoisotopic (exact) mass is 304 g/mol. The standard InChI is InChI=1S/C12H20N2O7/c1-19-4-5-20-10-9(17)7(6-15)21-11(10)14-3-2-8(16)13-12(14)18/h7,9-11,15,17H,2-6H2,1H3,(H,13,16,18)/t7-,9-,10-,11-/m1/s1. The Hall–Kier alpha value is -1.26. The normalized spacial score (nSPS) is 33.4. The second-order valence-electron chi connectivity index (χ2n) is 4.86. The van der Waals surface area contributed by atoms with E-state index >= 15 is 0 Å². The third kappa shape index (κ3) is 3.50. The molecule has 0 aromatic rings. The number of hydrogen-bond acceptors (Lipinski definition) is 7. The molecule has 0 bridgehead atoms. The Balaban J connectivity index is 2.06. The zero-order chi connectivity index (χ0) is 15.4. The van der Waals surface area contributed by atoms with E-state index in [4.69, 9.17) is 14.2 Å². The third-order valence-electron chi connectivity index (χ3n) is 3.48. The Bertz CT molecular complexity index is 392. The highest BCUT2D eigenvalue weighted by molar-refractivity contribution is 5.96. The lowest BCUT2D eigenvalue weighted by Crippen LogP contribution is -2.57. The number of urea groups is 1. The molecular weight excluding hydrogens is 284 g/mol. The van der Waals surface area contributed by atoms with Crippen LogP contribution in [0.15, 0.2) is 0 Å². The van der Waals surface area contributed by atoms with Gasteiger partial charge >= 0.3 is 6.03 Å². The Morgan fingerprint density at radius 3 is 2.81 bits per heavy atom. The van der Waals surface area contributed by atoms with Crippen molar-refractivity contribution in [2.24, 2.45) is 0 Å². The summed E-state index contributed by atoms with van der Waals surface area (Å²) in [6.07, 6.45) is -3.43. The summed E-state index contributed by atoms with van der Waals surface area (Å²) in [7, 11) is 1.52. The predicted octanol–water partition coefficient (Wildman–Crippen LogP) is -1.96. The van der Waals surface area contributed by atoms with Crippen LogP contribution >= 0.6 is 0 Å². The summed E-state index contributed by atoms with van der Waals surface area (Å²) < 4.78 is 15.9. The van der Waals surface area contributed by atoms with Gasteiger partial charge in [-0.1, -0.05) is 0 Å². The van der Waals surface area contributed by atoms with Gasteiger partial charge in [0.15, 0.2) is 6.23 Å². The molecule has 2 saturated heterocycles. The van der Waals surface area contributed by atoms with Gasteiger partial charge in [0.05, 0.1) is 19.8 Å². The summed E-state index contributed by atoms with van der Waals surface area (Å²) in [4.78, 5) is 24.3. The fourth-order valence-corrected chi connectivity index (χ4v) is 2.39. The Kier molecular flexibility index (Phi) is 5.48. The van der Waals surface area contributed by atoms with Crippen LogP contribution in [0.2, 0.25) is 0 Å². The van der Waals surface area contributed by atoms with Crippen molar-refractivity contribution in [1.82, 2.24) is 10.2 Å². The molecule has 21 heavy (non-hydrogen) atoms. The SMILES string of the molecule is COCCO[C@@H]1[C@H](O)[C@@H](CO)O[C@H]1N1CCC(=O)NC1=O. The summed E-state index contributed by atoms with van der Waals surface area (Å²) in [6, 6.07) is -0.595. The number of amides is 3. The molecule has 3 N–H and O–H groups in total. The van der Waals surface area contributed by atoms with Gasteiger partial charge in [-0.3, -0.25) is 15.0 Å². The van der Waals surface area contributed by atoms with E-state index in [1.54, 1.807) is 0 Å². The van der Waals surface area contributed by atoms with Crippen molar-refractivity contribution in [1.29, 1.82) is 0 Å². The highest BCUT2D eigenvalue weighted by Gasteiger charge is 2.49. The number of carbonyl (C=O) groups excluding carboxylic acids is 2. The van der Waals surface area contributed by atoms with Crippen LogP contribution in [0.5, 0.6) is 0 Å². The Morgan fingerprint density at radius 1 is 1.43 bits per heavy atom. The summed E-state index contributed by atoms with van der Waals surface area (Å²) >= 11 is 0. The van der Waals surface area contributed by atoms with Crippen molar-refractivity contribution >= 4 is 11.9 Å². The van der Waals surface area contributed by atoms with Gasteiger partial charge in [-0.15, -0.1) is 0 Å². The molecule has 120 valence electrons. The molecule has 0 radical (unpaired) electrons. The van der Waals surface area contributed by atoms with E-state index in [1.807, 2.05) is 0 Å². The number of ether oxygens (including phenoxy) is 3. The molecule has 0 unspecified atom stereocenters. The molecule has 0 saturated carbocycles. The maximum Gasteiger partial charge on any atom is 0.326 e. The highest BCUT2D eigenvalue weighted by atomic mass is 16.6. The molecule has 0 spiro atoms. The predicted molar refractivity (Wildman–Crippen MR) is 68.2 cm³/mol. The van der Waals surface area contributed by atoms with E-state index in [2.05, 4.69) is 5.32 Å². The topological polar surface area (TPSA) is 118 Å². The molecule has 2 aliphatic heterocycles. The van der Waals surface area contributed by atoms with E-state index in [-0.39, 0.29) is 25.5 Å². The maximum atomic E-state index is 11.9. The van der Waals surface area contributed by atoms with Crippen molar-refractivity contribution in [2.75, 3.05) is 33.5 Å². The quantitative estimate of drug-likeness (QED) is 0.488. The zero-order valence-corrected chi connectivity index (χ0v) is 11.7. The first kappa shape index (κ1) is 16.1. The first-order chi connectivity index (χ1) is 10.1. The van der Waals surface area contributed by atoms with Gasteiger partial charge in [-0.25, -0.2) is 4.79 Å². The fourth-order valence-electron chi connectivity index (χ4n) is 2.39. The molecule has 2 aliphatic rings. The average molecular weight is 304 g/mol. The van der Waals surface area contributed by atoms with E-state index in [9.17, 15) is 19.8 Å². The number of hydrogen-bond donors (Lipinski definition) is 3. The van der Waals surface area contributed by atoms with Crippen molar-refractivity contribution in [3.63, 3.8) is 0 Å². The lowest BCUT2D eigenvalue weighted by molar-refractivity contribution is -0.128. The summed E-state index contributed by atoms with van der Waals surface area (Å²) in [5.74, 6) is -0.356. The largest absolute Gasteiger partial charge is 0.394 e. The lowest BCUT2D eigenvalue weighted by atomic mass is 10.1. The van der Waals surface area contributed by atoms with Crippen molar-refractivity contribution in [3.8, 4) is 0 Å². The molecule has 0 aromatic heterocycles. The molecule has 2 rings (SSSR count). The smallest absolute Gasteiger partial charge is 0.326 e. The number of rotatable bonds is 6. The van der Waals surface area contributed by atoms with Crippen molar-refractivity contribution < 1.29 is 34.0 Å². The van der Waals surface area contributed by atoms with Gasteiger partial charge in [-0.05, 0) is 0 Å². The molecule has 0 aromatic carbocycles. The third-order valence-corrected chi connectivity index (χ3v) is 3.48. The summed E-state index contributed by atoms with van der Waals surface area (Å²) in [5.41, 5.74) is 0. The molecular formula is C12H20N2O7. The van der Waals surface area contributed by atoms with Gasteiger partial charge in [0.2, 0.25) is 5.91 Å². The zero-order valence-electron chi connectivity index (χ0n) is 11.7. The van der Waals surface area contributed by atoms with Crippen LogP contribution in [0.1, 0.15) is 6.42 Å². The number of aliphatic hydroxyl groups excluding tert-OH is 2. The number of imide groups is 1. The Labute approximate surface area is 121 Å². The van der Waals surface area contributed by atoms with Crippen molar-refractivity contribution in [2.45, 2.75) is 31.0 Å². The van der Waals surface area contributed by atoms with Crippen LogP contribution in [0.25, 0.3) is 0 Å². The van der Waals surface area contributed by atoms with Crippen LogP contribution in [0, 0.1) is 0 Å². The highest BCUT2D eigenvalue weighted by Crippen LogP contribution is 2.27. The Morgan fingerprint density at radius 2 is 2.19 bits per heavy atom. The van der Waals surface area contributed by atoms with Gasteiger partial charge in [0.25, 0.3) is 0 Å². The van der Waals surface area contributed by atoms with Crippen LogP contribution in [0.4, 0.5) is 4.79 Å². The summed E-state index contributed by atoms with van der Waals surface area (Å²) in [5, 5.41) is 21.5. The van der Waals surface area contributed by atoms with Crippen LogP contribution in [-0.4, -0.2) is 85.1 Å². The number of aliphatic hydroxyl groups is 2. The molecule has 9 nitrogen and oxygen atoms in total. The van der Waals surface area contributed by atoms with Crippen LogP contribution in [0.3, 0.4) is 0 Å². The molecule has 9 heteroatoms. The molecule has 2 heterocycles. The average Bonchev–Trinajstić information content (AvgIpc) is 2.76. The summed E-state index contributed by atoms with van der Waals surface area (Å²) in [6.45, 7) is 0.315. The number of methoxy groups -OCH3 is 1. The minimum atomic E-state index is -1.07. The van der Waals surface area contributed by atoms with Gasteiger partial charge < -0.3 is 24.4 Å². The maximum absolute atomic E-state index is 11.9. The number of nitrogens with one attached hydrogen (secondary N) is 1. The minimum absolute atomic E-state index is 0.149. The lowest BCUT2D eigenvalue weighted by Gasteiger charge is -2.34. The molecule has 2 fully saturated rings. The second kappa shape index (κ2) is 7.14. The van der Waals surface area contributed by atoms with Crippen LogP contribution < -0.4 is 5.32 Å². The molecule has 4 atom stereocenters. The van der Waals surface area contributed by atoms with Gasteiger partial charge in [0.1, 0.15) is 18.3 Å². The van der Waals surface area contributed by atoms with Gasteiger partial charge in [0, 0.05) is 20.1 Å². The van der Waals surface area contributed by atoms with Gasteiger partial charge in [-0.2, -0.15) is 0 Å². The number of carbonyl (C=O) groups is 2. The van der Waals surface area contributed by atoms with E-state index in [0.717, 1.165) is 0 Å². The van der Waals surface area contributed by atoms with E-state index in [1.165, 1.54) is 12.0 Å². The van der Waals surface area contributed by atoms with E-state index < -0.39 is 37.2 Å². The fraction of sp³-hybridized carbons (Fsp3) is 0.833. The van der Waals surface area contributed by atoms with Crippen molar-refractivity contribution in [3.05, 3.63) is 0 Å². The first-order valence-corrected chi connectivity index (χ1v) is 6.74. The minimum Gasteiger partial charge on any atom is -0.394 e.